The number of methoxy groups -OCH3 is 1. The van der Waals surface area contributed by atoms with Crippen molar-refractivity contribution < 1.29 is 19.0 Å². The van der Waals surface area contributed by atoms with Crippen molar-refractivity contribution in [1.29, 1.82) is 0 Å². The number of pyridine rings is 1. The Balaban J connectivity index is 1.55. The Morgan fingerprint density at radius 3 is 2.70 bits per heavy atom. The molecule has 1 aromatic heterocycles. The Bertz CT molecular complexity index is 834. The third-order valence-electron chi connectivity index (χ3n) is 5.04. The van der Waals surface area contributed by atoms with Gasteiger partial charge in [-0.05, 0) is 56.3 Å². The quantitative estimate of drug-likeness (QED) is 0.860. The predicted octanol–water partition coefficient (Wildman–Crippen LogP) is 2.23. The molecule has 2 N–H and O–H groups in total. The molecule has 0 saturated carbocycles. The highest BCUT2D eigenvalue weighted by Gasteiger charge is 2.39. The number of aromatic nitrogens is 1. The van der Waals surface area contributed by atoms with E-state index in [9.17, 15) is 4.79 Å². The van der Waals surface area contributed by atoms with Gasteiger partial charge in [0.25, 0.3) is 5.91 Å². The maximum absolute atomic E-state index is 12.8. The lowest BCUT2D eigenvalue weighted by Gasteiger charge is -2.34. The molecule has 1 amide bonds. The van der Waals surface area contributed by atoms with Crippen LogP contribution in [0.15, 0.2) is 36.4 Å². The Morgan fingerprint density at radius 1 is 1.15 bits per heavy atom. The van der Waals surface area contributed by atoms with E-state index in [1.165, 1.54) is 0 Å². The average molecular weight is 369 g/mol. The summed E-state index contributed by atoms with van der Waals surface area (Å²) in [4.78, 5) is 17.4. The lowest BCUT2D eigenvalue weighted by molar-refractivity contribution is -0.140. The predicted molar refractivity (Wildman–Crippen MR) is 101 cm³/mol. The number of nitrogens with zero attached hydrogens (tertiary/aromatic N) is 1. The fraction of sp³-hybridized carbons (Fsp3) is 0.400. The van der Waals surface area contributed by atoms with Gasteiger partial charge in [-0.3, -0.25) is 4.79 Å². The number of anilines is 1. The zero-order chi connectivity index (χ0) is 18.7. The number of ether oxygens (including phenoxy) is 3. The summed E-state index contributed by atoms with van der Waals surface area (Å²) in [6.07, 6.45) is 1.27. The van der Waals surface area contributed by atoms with Gasteiger partial charge < -0.3 is 24.8 Å². The zero-order valence-electron chi connectivity index (χ0n) is 15.3. The van der Waals surface area contributed by atoms with Crippen LogP contribution in [0.5, 0.6) is 11.5 Å². The van der Waals surface area contributed by atoms with E-state index in [-0.39, 0.29) is 5.91 Å². The molecule has 7 heteroatoms. The summed E-state index contributed by atoms with van der Waals surface area (Å²) in [6.45, 7) is 2.61. The number of benzene rings is 1. The van der Waals surface area contributed by atoms with E-state index in [4.69, 9.17) is 14.2 Å². The molecule has 2 aliphatic rings. The molecule has 4 rings (SSSR count). The number of carbonyl (C=O) groups is 1. The minimum Gasteiger partial charge on any atom is -0.486 e. The van der Waals surface area contributed by atoms with Crippen molar-refractivity contribution in [2.45, 2.75) is 18.4 Å². The van der Waals surface area contributed by atoms with Crippen LogP contribution in [0.2, 0.25) is 0 Å². The number of nitrogens with one attached hydrogen (secondary N) is 2. The Hall–Kier alpha value is -2.64. The summed E-state index contributed by atoms with van der Waals surface area (Å²) in [5.41, 5.74) is 0.847. The van der Waals surface area contributed by atoms with Crippen LogP contribution < -0.4 is 20.1 Å². The molecular formula is C20H23N3O4. The second-order valence-electron chi connectivity index (χ2n) is 6.67. The fourth-order valence-electron chi connectivity index (χ4n) is 3.45. The summed E-state index contributed by atoms with van der Waals surface area (Å²) in [5, 5.41) is 6.17. The molecule has 1 fully saturated rings. The summed E-state index contributed by atoms with van der Waals surface area (Å²) in [5.74, 6) is 1.80. The molecule has 7 nitrogen and oxygen atoms in total. The first-order valence-electron chi connectivity index (χ1n) is 9.15. The number of piperidine rings is 1. The van der Waals surface area contributed by atoms with Crippen LogP contribution in [0.1, 0.15) is 12.8 Å². The number of hydrogen-bond acceptors (Lipinski definition) is 6. The molecule has 0 bridgehead atoms. The maximum Gasteiger partial charge on any atom is 0.257 e. The van der Waals surface area contributed by atoms with E-state index in [0.29, 0.717) is 37.6 Å². The van der Waals surface area contributed by atoms with Crippen molar-refractivity contribution in [2.24, 2.45) is 0 Å². The minimum atomic E-state index is -0.806. The Labute approximate surface area is 158 Å². The average Bonchev–Trinajstić information content (AvgIpc) is 2.74. The van der Waals surface area contributed by atoms with Crippen molar-refractivity contribution in [2.75, 3.05) is 38.7 Å². The first-order chi connectivity index (χ1) is 13.2. The minimum absolute atomic E-state index is 0.154. The topological polar surface area (TPSA) is 81.7 Å². The molecule has 2 aromatic rings. The van der Waals surface area contributed by atoms with Gasteiger partial charge in [-0.1, -0.05) is 6.07 Å². The first-order valence-corrected chi connectivity index (χ1v) is 9.15. The standard InChI is InChI=1S/C20H23N3O4/c1-25-20(7-9-21-10-8-20)19(24)23-18-4-2-3-15(22-18)14-5-6-16-17(13-14)27-12-11-26-16/h2-6,13,21H,7-12H2,1H3,(H,22,23,24). The van der Waals surface area contributed by atoms with Gasteiger partial charge in [0, 0.05) is 12.7 Å². The Kier molecular flexibility index (Phi) is 4.96. The normalized spacial score (nSPS) is 18.0. The lowest BCUT2D eigenvalue weighted by atomic mass is 9.91. The summed E-state index contributed by atoms with van der Waals surface area (Å²) < 4.78 is 16.8. The van der Waals surface area contributed by atoms with Gasteiger partial charge in [0.15, 0.2) is 11.5 Å². The fourth-order valence-corrected chi connectivity index (χ4v) is 3.45. The van der Waals surface area contributed by atoms with Gasteiger partial charge in [0.1, 0.15) is 24.6 Å². The van der Waals surface area contributed by atoms with Gasteiger partial charge in [-0.15, -0.1) is 0 Å². The van der Waals surface area contributed by atoms with Crippen molar-refractivity contribution >= 4 is 11.7 Å². The molecule has 27 heavy (non-hydrogen) atoms. The molecule has 0 unspecified atom stereocenters. The zero-order valence-corrected chi connectivity index (χ0v) is 15.3. The Morgan fingerprint density at radius 2 is 1.93 bits per heavy atom. The van der Waals surface area contributed by atoms with E-state index in [2.05, 4.69) is 15.6 Å². The van der Waals surface area contributed by atoms with Gasteiger partial charge >= 0.3 is 0 Å². The molecule has 1 aromatic carbocycles. The second kappa shape index (κ2) is 7.54. The van der Waals surface area contributed by atoms with Gasteiger partial charge in [0.05, 0.1) is 5.69 Å². The third kappa shape index (κ3) is 3.61. The SMILES string of the molecule is COC1(C(=O)Nc2cccc(-c3ccc4c(c3)OCCO4)n2)CCNCC1. The highest BCUT2D eigenvalue weighted by Crippen LogP contribution is 2.34. The molecule has 2 aliphatic heterocycles. The summed E-state index contributed by atoms with van der Waals surface area (Å²) in [7, 11) is 1.59. The van der Waals surface area contributed by atoms with Crippen molar-refractivity contribution in [3.8, 4) is 22.8 Å². The van der Waals surface area contributed by atoms with E-state index < -0.39 is 5.60 Å². The number of amides is 1. The van der Waals surface area contributed by atoms with Crippen LogP contribution in [0.3, 0.4) is 0 Å². The number of hydrogen-bond donors (Lipinski definition) is 2. The molecule has 0 spiro atoms. The largest absolute Gasteiger partial charge is 0.486 e. The summed E-state index contributed by atoms with van der Waals surface area (Å²) in [6, 6.07) is 11.3. The van der Waals surface area contributed by atoms with Crippen molar-refractivity contribution in [3.63, 3.8) is 0 Å². The van der Waals surface area contributed by atoms with Crippen LogP contribution in [0, 0.1) is 0 Å². The van der Waals surface area contributed by atoms with Gasteiger partial charge in [-0.2, -0.15) is 0 Å². The molecule has 0 aliphatic carbocycles. The van der Waals surface area contributed by atoms with Crippen molar-refractivity contribution in [3.05, 3.63) is 36.4 Å². The molecule has 0 atom stereocenters. The van der Waals surface area contributed by atoms with Crippen LogP contribution in [-0.4, -0.2) is 49.9 Å². The van der Waals surface area contributed by atoms with E-state index in [0.717, 1.165) is 30.1 Å². The molecule has 1 saturated heterocycles. The first kappa shape index (κ1) is 17.8. The molecule has 3 heterocycles. The van der Waals surface area contributed by atoms with E-state index >= 15 is 0 Å². The highest BCUT2D eigenvalue weighted by atomic mass is 16.6. The summed E-state index contributed by atoms with van der Waals surface area (Å²) >= 11 is 0. The monoisotopic (exact) mass is 369 g/mol. The van der Waals surface area contributed by atoms with E-state index in [1.807, 2.05) is 30.3 Å². The van der Waals surface area contributed by atoms with Crippen LogP contribution in [0.4, 0.5) is 5.82 Å². The van der Waals surface area contributed by atoms with Crippen LogP contribution in [-0.2, 0) is 9.53 Å². The number of carbonyl (C=O) groups excluding carboxylic acids is 1. The van der Waals surface area contributed by atoms with Crippen LogP contribution >= 0.6 is 0 Å². The molecule has 142 valence electrons. The lowest BCUT2D eigenvalue weighted by Crippen LogP contribution is -2.51. The maximum atomic E-state index is 12.8. The second-order valence-corrected chi connectivity index (χ2v) is 6.67. The van der Waals surface area contributed by atoms with E-state index in [1.54, 1.807) is 13.2 Å². The molecule has 0 radical (unpaired) electrons. The van der Waals surface area contributed by atoms with Crippen molar-refractivity contribution in [1.82, 2.24) is 10.3 Å². The number of rotatable bonds is 4. The van der Waals surface area contributed by atoms with Gasteiger partial charge in [-0.25, -0.2) is 4.98 Å². The van der Waals surface area contributed by atoms with Crippen LogP contribution in [0.25, 0.3) is 11.3 Å². The third-order valence-corrected chi connectivity index (χ3v) is 5.04. The highest BCUT2D eigenvalue weighted by molar-refractivity contribution is 5.97. The number of fused-ring (bicyclic) bond motifs is 1. The smallest absolute Gasteiger partial charge is 0.257 e. The van der Waals surface area contributed by atoms with Gasteiger partial charge in [0.2, 0.25) is 0 Å². The molecular weight excluding hydrogens is 346 g/mol.